The lowest BCUT2D eigenvalue weighted by Crippen LogP contribution is -2.41. The number of halogens is 1. The fraction of sp³-hybridized carbons (Fsp3) is 0.692. The monoisotopic (exact) mass is 391 g/mol. The standard InChI is InChI=1S/C13H21N5O.HI/c1-14-12(15-8-11-2-5-16-17-11)18-6-3-13(9-18)4-7-19-10-13;/h2,5H,3-4,6-10H2,1H3,(H,14,15)(H,16,17);1H. The highest BCUT2D eigenvalue weighted by Crippen LogP contribution is 2.38. The minimum atomic E-state index is 0. The van der Waals surface area contributed by atoms with Crippen LogP contribution >= 0.6 is 24.0 Å². The van der Waals surface area contributed by atoms with Crippen molar-refractivity contribution in [3.8, 4) is 0 Å². The number of nitrogens with zero attached hydrogens (tertiary/aromatic N) is 3. The van der Waals surface area contributed by atoms with Crippen molar-refractivity contribution in [1.82, 2.24) is 20.4 Å². The molecule has 2 N–H and O–H groups in total. The van der Waals surface area contributed by atoms with Crippen LogP contribution in [0.2, 0.25) is 0 Å². The highest BCUT2D eigenvalue weighted by molar-refractivity contribution is 14.0. The maximum atomic E-state index is 5.56. The molecule has 0 bridgehead atoms. The lowest BCUT2D eigenvalue weighted by atomic mass is 9.87. The minimum absolute atomic E-state index is 0. The number of likely N-dealkylation sites (tertiary alicyclic amines) is 1. The van der Waals surface area contributed by atoms with Gasteiger partial charge in [0.05, 0.1) is 18.8 Å². The van der Waals surface area contributed by atoms with Crippen LogP contribution in [0, 0.1) is 5.41 Å². The maximum Gasteiger partial charge on any atom is 0.193 e. The third-order valence-electron chi connectivity index (χ3n) is 4.13. The number of aromatic nitrogens is 2. The maximum absolute atomic E-state index is 5.56. The molecule has 7 heteroatoms. The Bertz CT molecular complexity index is 442. The van der Waals surface area contributed by atoms with E-state index in [9.17, 15) is 0 Å². The first-order chi connectivity index (χ1) is 9.31. The fourth-order valence-corrected chi connectivity index (χ4v) is 2.98. The number of H-pyrrole nitrogens is 1. The molecule has 1 atom stereocenters. The van der Waals surface area contributed by atoms with Gasteiger partial charge in [-0.25, -0.2) is 0 Å². The van der Waals surface area contributed by atoms with Crippen molar-refractivity contribution in [2.75, 3.05) is 33.4 Å². The largest absolute Gasteiger partial charge is 0.381 e. The van der Waals surface area contributed by atoms with Crippen molar-refractivity contribution in [2.45, 2.75) is 19.4 Å². The van der Waals surface area contributed by atoms with Gasteiger partial charge in [-0.1, -0.05) is 0 Å². The van der Waals surface area contributed by atoms with Crippen LogP contribution in [-0.4, -0.2) is 54.4 Å². The van der Waals surface area contributed by atoms with E-state index in [1.54, 1.807) is 6.20 Å². The van der Waals surface area contributed by atoms with E-state index in [0.29, 0.717) is 5.41 Å². The first-order valence-electron chi connectivity index (χ1n) is 6.83. The summed E-state index contributed by atoms with van der Waals surface area (Å²) >= 11 is 0. The zero-order valence-electron chi connectivity index (χ0n) is 11.8. The van der Waals surface area contributed by atoms with Crippen LogP contribution < -0.4 is 5.32 Å². The SMILES string of the molecule is CN=C(NCc1ccn[nH]1)N1CCC2(CCOC2)C1.I. The van der Waals surface area contributed by atoms with E-state index in [1.807, 2.05) is 13.1 Å². The number of hydrogen-bond donors (Lipinski definition) is 2. The van der Waals surface area contributed by atoms with Gasteiger partial charge in [-0.05, 0) is 18.9 Å². The molecule has 1 aromatic heterocycles. The van der Waals surface area contributed by atoms with Gasteiger partial charge in [0.2, 0.25) is 0 Å². The summed E-state index contributed by atoms with van der Waals surface area (Å²) in [6.45, 7) is 4.66. The van der Waals surface area contributed by atoms with Crippen LogP contribution in [0.4, 0.5) is 0 Å². The van der Waals surface area contributed by atoms with Crippen LogP contribution in [0.25, 0.3) is 0 Å². The van der Waals surface area contributed by atoms with Crippen molar-refractivity contribution in [1.29, 1.82) is 0 Å². The third-order valence-corrected chi connectivity index (χ3v) is 4.13. The summed E-state index contributed by atoms with van der Waals surface area (Å²) in [6.07, 6.45) is 4.15. The Morgan fingerprint density at radius 1 is 1.60 bits per heavy atom. The lowest BCUT2D eigenvalue weighted by Gasteiger charge is -2.24. The number of hydrogen-bond acceptors (Lipinski definition) is 3. The third kappa shape index (κ3) is 3.25. The first-order valence-corrected chi connectivity index (χ1v) is 6.83. The van der Waals surface area contributed by atoms with E-state index in [1.165, 1.54) is 12.8 Å². The van der Waals surface area contributed by atoms with Crippen molar-refractivity contribution in [2.24, 2.45) is 10.4 Å². The van der Waals surface area contributed by atoms with Gasteiger partial charge >= 0.3 is 0 Å². The molecule has 6 nitrogen and oxygen atoms in total. The summed E-state index contributed by atoms with van der Waals surface area (Å²) < 4.78 is 5.56. The van der Waals surface area contributed by atoms with E-state index in [2.05, 4.69) is 25.4 Å². The highest BCUT2D eigenvalue weighted by atomic mass is 127. The Balaban J connectivity index is 0.00000147. The van der Waals surface area contributed by atoms with Crippen molar-refractivity contribution >= 4 is 29.9 Å². The summed E-state index contributed by atoms with van der Waals surface area (Å²) in [4.78, 5) is 6.72. The molecule has 3 rings (SSSR count). The molecule has 0 radical (unpaired) electrons. The molecule has 0 aromatic carbocycles. The second-order valence-corrected chi connectivity index (χ2v) is 5.46. The quantitative estimate of drug-likeness (QED) is 0.452. The molecule has 0 amide bonds. The molecule has 3 heterocycles. The Hall–Kier alpha value is -0.830. The molecule has 2 fully saturated rings. The molecular formula is C13H22IN5O. The van der Waals surface area contributed by atoms with Gasteiger partial charge in [-0.2, -0.15) is 5.10 Å². The second-order valence-electron chi connectivity index (χ2n) is 5.46. The van der Waals surface area contributed by atoms with E-state index in [4.69, 9.17) is 4.74 Å². The Morgan fingerprint density at radius 3 is 3.15 bits per heavy atom. The van der Waals surface area contributed by atoms with Crippen LogP contribution in [0.3, 0.4) is 0 Å². The number of guanidine groups is 1. The molecule has 2 saturated heterocycles. The number of aliphatic imine (C=N–C) groups is 1. The summed E-state index contributed by atoms with van der Waals surface area (Å²) in [5.74, 6) is 0.971. The first kappa shape index (κ1) is 15.6. The fourth-order valence-electron chi connectivity index (χ4n) is 2.98. The molecule has 1 spiro atoms. The van der Waals surface area contributed by atoms with Crippen LogP contribution in [0.15, 0.2) is 17.3 Å². The summed E-state index contributed by atoms with van der Waals surface area (Å²) in [6, 6.07) is 1.97. The Morgan fingerprint density at radius 2 is 2.50 bits per heavy atom. The predicted molar refractivity (Wildman–Crippen MR) is 88.3 cm³/mol. The van der Waals surface area contributed by atoms with Crippen LogP contribution in [-0.2, 0) is 11.3 Å². The topological polar surface area (TPSA) is 65.5 Å². The molecule has 0 aliphatic carbocycles. The van der Waals surface area contributed by atoms with Crippen molar-refractivity contribution in [3.05, 3.63) is 18.0 Å². The molecule has 1 aromatic rings. The zero-order valence-corrected chi connectivity index (χ0v) is 14.1. The molecular weight excluding hydrogens is 369 g/mol. The summed E-state index contributed by atoms with van der Waals surface area (Å²) in [5, 5.41) is 10.3. The average molecular weight is 391 g/mol. The zero-order chi connectivity index (χ0) is 13.1. The minimum Gasteiger partial charge on any atom is -0.381 e. The van der Waals surface area contributed by atoms with Gasteiger partial charge in [-0.15, -0.1) is 24.0 Å². The highest BCUT2D eigenvalue weighted by Gasteiger charge is 2.42. The molecule has 2 aliphatic heterocycles. The Labute approximate surface area is 136 Å². The van der Waals surface area contributed by atoms with Crippen LogP contribution in [0.1, 0.15) is 18.5 Å². The predicted octanol–water partition coefficient (Wildman–Crippen LogP) is 1.22. The van der Waals surface area contributed by atoms with Gasteiger partial charge < -0.3 is 15.0 Å². The normalized spacial score (nSPS) is 26.1. The van der Waals surface area contributed by atoms with Gasteiger partial charge in [0, 0.05) is 38.4 Å². The van der Waals surface area contributed by atoms with E-state index in [-0.39, 0.29) is 24.0 Å². The van der Waals surface area contributed by atoms with Gasteiger partial charge in [0.25, 0.3) is 0 Å². The summed E-state index contributed by atoms with van der Waals surface area (Å²) in [7, 11) is 1.84. The molecule has 0 saturated carbocycles. The van der Waals surface area contributed by atoms with Crippen molar-refractivity contribution < 1.29 is 4.74 Å². The molecule has 112 valence electrons. The van der Waals surface area contributed by atoms with Gasteiger partial charge in [0.15, 0.2) is 5.96 Å². The number of rotatable bonds is 2. The smallest absolute Gasteiger partial charge is 0.193 e. The van der Waals surface area contributed by atoms with Crippen molar-refractivity contribution in [3.63, 3.8) is 0 Å². The lowest BCUT2D eigenvalue weighted by molar-refractivity contribution is 0.156. The van der Waals surface area contributed by atoms with Crippen LogP contribution in [0.5, 0.6) is 0 Å². The Kier molecular flexibility index (Phi) is 5.25. The number of nitrogens with one attached hydrogen (secondary N) is 2. The molecule has 20 heavy (non-hydrogen) atoms. The van der Waals surface area contributed by atoms with E-state index in [0.717, 1.165) is 44.5 Å². The summed E-state index contributed by atoms with van der Waals surface area (Å²) in [5.41, 5.74) is 1.44. The number of ether oxygens (including phenoxy) is 1. The number of aromatic amines is 1. The van der Waals surface area contributed by atoms with E-state index >= 15 is 0 Å². The van der Waals surface area contributed by atoms with Gasteiger partial charge in [-0.3, -0.25) is 10.1 Å². The average Bonchev–Trinajstić information content (AvgIpc) is 3.15. The molecule has 2 aliphatic rings. The molecule has 1 unspecified atom stereocenters. The van der Waals surface area contributed by atoms with Gasteiger partial charge in [0.1, 0.15) is 0 Å². The second kappa shape index (κ2) is 6.75. The van der Waals surface area contributed by atoms with E-state index < -0.39 is 0 Å².